The van der Waals surface area contributed by atoms with Crippen LogP contribution < -0.4 is 5.73 Å². The number of aromatic nitrogens is 2. The maximum absolute atomic E-state index is 12.3. The van der Waals surface area contributed by atoms with Crippen molar-refractivity contribution >= 4 is 17.2 Å². The van der Waals surface area contributed by atoms with Gasteiger partial charge in [-0.25, -0.2) is 4.98 Å². The minimum absolute atomic E-state index is 0.154. The molecule has 120 valence electrons. The molecule has 7 nitrogen and oxygen atoms in total. The summed E-state index contributed by atoms with van der Waals surface area (Å²) in [6, 6.07) is 3.33. The highest BCUT2D eigenvalue weighted by atomic mass is 16.6. The number of carbonyl (C=O) groups excluding carboxylic acids is 1. The molecule has 0 amide bonds. The van der Waals surface area contributed by atoms with Gasteiger partial charge >= 0.3 is 5.97 Å². The van der Waals surface area contributed by atoms with Crippen molar-refractivity contribution in [3.8, 4) is 0 Å². The molecule has 7 heteroatoms. The summed E-state index contributed by atoms with van der Waals surface area (Å²) in [4.78, 5) is 20.4. The summed E-state index contributed by atoms with van der Waals surface area (Å²) in [5.74, 6) is -1.76. The molecule has 22 heavy (non-hydrogen) atoms. The molecule has 0 bridgehead atoms. The van der Waals surface area contributed by atoms with Crippen LogP contribution >= 0.6 is 0 Å². The molecule has 0 saturated heterocycles. The third-order valence-electron chi connectivity index (χ3n) is 3.14. The lowest BCUT2D eigenvalue weighted by Crippen LogP contribution is -2.49. The van der Waals surface area contributed by atoms with Gasteiger partial charge in [-0.3, -0.25) is 10.5 Å². The molecule has 2 rings (SSSR count). The van der Waals surface area contributed by atoms with Crippen LogP contribution in [0.15, 0.2) is 22.7 Å². The van der Waals surface area contributed by atoms with E-state index in [0.29, 0.717) is 11.2 Å². The Bertz CT molecular complexity index is 640. The van der Waals surface area contributed by atoms with Gasteiger partial charge in [-0.05, 0) is 39.3 Å². The quantitative estimate of drug-likeness (QED) is 0.653. The van der Waals surface area contributed by atoms with Gasteiger partial charge in [0.1, 0.15) is 11.5 Å². The van der Waals surface area contributed by atoms with Crippen molar-refractivity contribution in [2.45, 2.75) is 45.4 Å². The number of fused-ring (bicyclic) bond motifs is 1. The second-order valence-electron chi connectivity index (χ2n) is 6.16. The second-order valence-corrected chi connectivity index (χ2v) is 6.16. The van der Waals surface area contributed by atoms with E-state index < -0.39 is 23.2 Å². The molecule has 0 radical (unpaired) electrons. The van der Waals surface area contributed by atoms with Crippen LogP contribution in [0.3, 0.4) is 0 Å². The zero-order valence-corrected chi connectivity index (χ0v) is 13.2. The largest absolute Gasteiger partial charge is 0.460 e. The van der Waals surface area contributed by atoms with Gasteiger partial charge in [0.05, 0.1) is 0 Å². The fourth-order valence-corrected chi connectivity index (χ4v) is 2.12. The molecule has 0 spiro atoms. The van der Waals surface area contributed by atoms with E-state index in [9.17, 15) is 9.90 Å². The molecule has 2 atom stereocenters. The van der Waals surface area contributed by atoms with E-state index in [0.717, 1.165) is 0 Å². The average Bonchev–Trinajstić information content (AvgIpc) is 2.81. The zero-order valence-electron chi connectivity index (χ0n) is 13.2. The Labute approximate surface area is 128 Å². The number of aliphatic hydroxyl groups is 1. The van der Waals surface area contributed by atoms with Crippen molar-refractivity contribution < 1.29 is 19.1 Å². The summed E-state index contributed by atoms with van der Waals surface area (Å²) in [6.45, 7) is 6.97. The summed E-state index contributed by atoms with van der Waals surface area (Å²) in [5.41, 5.74) is 3.91. The zero-order chi connectivity index (χ0) is 16.5. The Morgan fingerprint density at radius 2 is 2.18 bits per heavy atom. The Hall–Kier alpha value is -1.99. The third-order valence-corrected chi connectivity index (χ3v) is 3.14. The molecule has 2 aromatic rings. The number of ether oxygens (including phenoxy) is 1. The van der Waals surface area contributed by atoms with Crippen LogP contribution in [0.4, 0.5) is 0 Å². The topological polar surface area (TPSA) is 111 Å². The Morgan fingerprint density at radius 3 is 2.73 bits per heavy atom. The standard InChI is InChI=1S/C15H21N3O4/c1-5-9(12(19)22-14(2,3)4)15(16,20)13-18-11-10(21-13)7-6-8-17-11/h6-9,20H,5,16H2,1-4H3/t9-,15?/m1/s1. The third kappa shape index (κ3) is 3.26. The van der Waals surface area contributed by atoms with Crippen molar-refractivity contribution in [2.24, 2.45) is 11.7 Å². The van der Waals surface area contributed by atoms with Gasteiger partial charge in [-0.1, -0.05) is 6.92 Å². The van der Waals surface area contributed by atoms with Crippen molar-refractivity contribution in [3.05, 3.63) is 24.2 Å². The molecular formula is C15H21N3O4. The smallest absolute Gasteiger partial charge is 0.314 e. The summed E-state index contributed by atoms with van der Waals surface area (Å²) in [6.07, 6.45) is 1.82. The molecule has 0 fully saturated rings. The Kier molecular flexibility index (Phi) is 4.21. The van der Waals surface area contributed by atoms with E-state index in [2.05, 4.69) is 9.97 Å². The minimum Gasteiger partial charge on any atom is -0.460 e. The van der Waals surface area contributed by atoms with Crippen LogP contribution in [-0.2, 0) is 15.3 Å². The van der Waals surface area contributed by atoms with E-state index in [-0.39, 0.29) is 12.3 Å². The lowest BCUT2D eigenvalue weighted by molar-refractivity contribution is -0.172. The number of nitrogens with zero attached hydrogens (tertiary/aromatic N) is 2. The maximum Gasteiger partial charge on any atom is 0.314 e. The highest BCUT2D eigenvalue weighted by Gasteiger charge is 2.44. The first-order valence-corrected chi connectivity index (χ1v) is 7.11. The number of hydrogen-bond donors (Lipinski definition) is 2. The number of nitrogens with two attached hydrogens (primary N) is 1. The highest BCUT2D eigenvalue weighted by Crippen LogP contribution is 2.30. The van der Waals surface area contributed by atoms with Crippen LogP contribution in [0.1, 0.15) is 40.0 Å². The molecule has 0 aromatic carbocycles. The summed E-state index contributed by atoms with van der Waals surface area (Å²) in [7, 11) is 0. The number of carbonyl (C=O) groups is 1. The number of hydrogen-bond acceptors (Lipinski definition) is 7. The van der Waals surface area contributed by atoms with E-state index in [1.54, 1.807) is 46.0 Å². The van der Waals surface area contributed by atoms with Crippen molar-refractivity contribution in [1.29, 1.82) is 0 Å². The summed E-state index contributed by atoms with van der Waals surface area (Å²) < 4.78 is 10.7. The molecule has 2 aromatic heterocycles. The number of oxazole rings is 1. The fraction of sp³-hybridized carbons (Fsp3) is 0.533. The van der Waals surface area contributed by atoms with Crippen LogP contribution in [0, 0.1) is 5.92 Å². The fourth-order valence-electron chi connectivity index (χ4n) is 2.12. The first kappa shape index (κ1) is 16.4. The van der Waals surface area contributed by atoms with Gasteiger partial charge in [0.2, 0.25) is 11.6 Å². The Morgan fingerprint density at radius 1 is 1.50 bits per heavy atom. The molecule has 0 aliphatic heterocycles. The lowest BCUT2D eigenvalue weighted by Gasteiger charge is -2.30. The van der Waals surface area contributed by atoms with Gasteiger partial charge in [0, 0.05) is 6.20 Å². The van der Waals surface area contributed by atoms with Crippen LogP contribution in [0.5, 0.6) is 0 Å². The van der Waals surface area contributed by atoms with E-state index in [1.165, 1.54) is 0 Å². The number of rotatable bonds is 4. The van der Waals surface area contributed by atoms with Gasteiger partial charge in [-0.15, -0.1) is 0 Å². The highest BCUT2D eigenvalue weighted by molar-refractivity contribution is 5.74. The molecule has 0 aliphatic rings. The van der Waals surface area contributed by atoms with E-state index in [1.807, 2.05) is 0 Å². The molecule has 2 heterocycles. The van der Waals surface area contributed by atoms with E-state index >= 15 is 0 Å². The maximum atomic E-state index is 12.3. The molecule has 3 N–H and O–H groups in total. The monoisotopic (exact) mass is 307 g/mol. The van der Waals surface area contributed by atoms with Crippen LogP contribution in [0.25, 0.3) is 11.2 Å². The number of esters is 1. The van der Waals surface area contributed by atoms with Crippen molar-refractivity contribution in [1.82, 2.24) is 9.97 Å². The normalized spacial score (nSPS) is 16.3. The average molecular weight is 307 g/mol. The number of pyridine rings is 1. The summed E-state index contributed by atoms with van der Waals surface area (Å²) >= 11 is 0. The molecule has 1 unspecified atom stereocenters. The lowest BCUT2D eigenvalue weighted by atomic mass is 9.93. The molecular weight excluding hydrogens is 286 g/mol. The molecule has 0 aliphatic carbocycles. The predicted octanol–water partition coefficient (Wildman–Crippen LogP) is 1.69. The molecule has 0 saturated carbocycles. The summed E-state index contributed by atoms with van der Waals surface area (Å²) in [5, 5.41) is 10.6. The second kappa shape index (κ2) is 5.66. The van der Waals surface area contributed by atoms with Gasteiger partial charge < -0.3 is 14.3 Å². The SMILES string of the molecule is CC[C@H](C(=O)OC(C)(C)C)C(N)(O)c1nc2ncccc2o1. The minimum atomic E-state index is -2.07. The van der Waals surface area contributed by atoms with Gasteiger partial charge in [0.15, 0.2) is 11.2 Å². The first-order valence-electron chi connectivity index (χ1n) is 7.11. The predicted molar refractivity (Wildman–Crippen MR) is 79.5 cm³/mol. The van der Waals surface area contributed by atoms with Gasteiger partial charge in [-0.2, -0.15) is 4.98 Å². The first-order chi connectivity index (χ1) is 10.1. The van der Waals surface area contributed by atoms with Crippen LogP contribution in [0.2, 0.25) is 0 Å². The van der Waals surface area contributed by atoms with Gasteiger partial charge in [0.25, 0.3) is 0 Å². The van der Waals surface area contributed by atoms with Crippen molar-refractivity contribution in [3.63, 3.8) is 0 Å². The Balaban J connectivity index is 2.35. The van der Waals surface area contributed by atoms with Crippen molar-refractivity contribution in [2.75, 3.05) is 0 Å². The van der Waals surface area contributed by atoms with E-state index in [4.69, 9.17) is 14.9 Å². The van der Waals surface area contributed by atoms with Crippen LogP contribution in [-0.4, -0.2) is 26.6 Å².